The first kappa shape index (κ1) is 15.1. The van der Waals surface area contributed by atoms with Crippen molar-refractivity contribution >= 4 is 11.6 Å². The fourth-order valence-corrected chi connectivity index (χ4v) is 2.01. The molecule has 102 valence electrons. The summed E-state index contributed by atoms with van der Waals surface area (Å²) in [5.41, 5.74) is 6.85. The van der Waals surface area contributed by atoms with Crippen LogP contribution in [0.3, 0.4) is 0 Å². The number of ether oxygens (including phenoxy) is 2. The minimum absolute atomic E-state index is 0.0950. The van der Waals surface area contributed by atoms with E-state index >= 15 is 0 Å². The van der Waals surface area contributed by atoms with Gasteiger partial charge in [-0.25, -0.2) is 0 Å². The highest BCUT2D eigenvalue weighted by molar-refractivity contribution is 6.32. The maximum atomic E-state index is 6.23. The highest BCUT2D eigenvalue weighted by atomic mass is 35.5. The molecule has 1 unspecified atom stereocenters. The zero-order valence-corrected chi connectivity index (χ0v) is 12.1. The van der Waals surface area contributed by atoms with Crippen molar-refractivity contribution in [3.8, 4) is 11.5 Å². The summed E-state index contributed by atoms with van der Waals surface area (Å²) in [6.07, 6.45) is 2.86. The van der Waals surface area contributed by atoms with Gasteiger partial charge in [0.05, 0.1) is 18.7 Å². The zero-order valence-electron chi connectivity index (χ0n) is 11.3. The molecule has 2 N–H and O–H groups in total. The third-order valence-corrected chi connectivity index (χ3v) is 2.87. The van der Waals surface area contributed by atoms with Crippen LogP contribution in [-0.2, 0) is 6.42 Å². The zero-order chi connectivity index (χ0) is 13.5. The van der Waals surface area contributed by atoms with Crippen molar-refractivity contribution in [3.63, 3.8) is 0 Å². The molecule has 0 saturated heterocycles. The second-order valence-corrected chi connectivity index (χ2v) is 4.90. The lowest BCUT2D eigenvalue weighted by Gasteiger charge is -2.14. The third-order valence-electron chi connectivity index (χ3n) is 2.59. The maximum Gasteiger partial charge on any atom is 0.179 e. The van der Waals surface area contributed by atoms with Gasteiger partial charge in [-0.15, -0.1) is 0 Å². The molecular weight excluding hydrogens is 250 g/mol. The Balaban J connectivity index is 2.89. The average molecular weight is 272 g/mol. The fourth-order valence-electron chi connectivity index (χ4n) is 1.72. The van der Waals surface area contributed by atoms with Crippen LogP contribution in [0.5, 0.6) is 11.5 Å². The largest absolute Gasteiger partial charge is 0.493 e. The van der Waals surface area contributed by atoms with E-state index in [1.807, 2.05) is 19.1 Å². The van der Waals surface area contributed by atoms with Crippen LogP contribution in [0.2, 0.25) is 5.02 Å². The minimum Gasteiger partial charge on any atom is -0.493 e. The smallest absolute Gasteiger partial charge is 0.179 e. The molecule has 1 atom stereocenters. The first-order valence-electron chi connectivity index (χ1n) is 6.33. The Morgan fingerprint density at radius 2 is 2.11 bits per heavy atom. The van der Waals surface area contributed by atoms with Crippen LogP contribution in [0, 0.1) is 0 Å². The molecule has 0 aliphatic heterocycles. The number of methoxy groups -OCH3 is 1. The van der Waals surface area contributed by atoms with Gasteiger partial charge in [0.1, 0.15) is 0 Å². The van der Waals surface area contributed by atoms with Gasteiger partial charge in [0.15, 0.2) is 11.5 Å². The highest BCUT2D eigenvalue weighted by Crippen LogP contribution is 2.36. The normalized spacial score (nSPS) is 12.3. The summed E-state index contributed by atoms with van der Waals surface area (Å²) in [5, 5.41) is 0.584. The molecule has 0 heterocycles. The summed E-state index contributed by atoms with van der Waals surface area (Å²) in [5.74, 6) is 1.30. The SMILES string of the molecule is CCCCOc1c(Cl)cc(CC(C)N)cc1OC. The molecule has 18 heavy (non-hydrogen) atoms. The molecule has 0 aliphatic rings. The van der Waals surface area contributed by atoms with Crippen LogP contribution in [0.1, 0.15) is 32.3 Å². The minimum atomic E-state index is 0.0950. The molecule has 1 aromatic rings. The first-order valence-corrected chi connectivity index (χ1v) is 6.71. The molecule has 1 rings (SSSR count). The van der Waals surface area contributed by atoms with Crippen LogP contribution >= 0.6 is 11.6 Å². The summed E-state index contributed by atoms with van der Waals surface area (Å²) < 4.78 is 11.0. The quantitative estimate of drug-likeness (QED) is 0.773. The van der Waals surface area contributed by atoms with Gasteiger partial charge in [0.25, 0.3) is 0 Å². The van der Waals surface area contributed by atoms with Crippen molar-refractivity contribution < 1.29 is 9.47 Å². The molecule has 0 fully saturated rings. The Labute approximate surface area is 114 Å². The summed E-state index contributed by atoms with van der Waals surface area (Å²) in [6, 6.07) is 3.93. The van der Waals surface area contributed by atoms with Crippen LogP contribution in [0.25, 0.3) is 0 Å². The first-order chi connectivity index (χ1) is 8.58. The number of rotatable bonds is 7. The molecule has 0 aliphatic carbocycles. The van der Waals surface area contributed by atoms with Crippen LogP contribution < -0.4 is 15.2 Å². The summed E-state index contributed by atoms with van der Waals surface area (Å²) in [4.78, 5) is 0. The Morgan fingerprint density at radius 1 is 1.39 bits per heavy atom. The second kappa shape index (κ2) is 7.49. The van der Waals surface area contributed by atoms with E-state index < -0.39 is 0 Å². The summed E-state index contributed by atoms with van der Waals surface area (Å²) in [6.45, 7) is 4.74. The Bertz CT molecular complexity index is 380. The van der Waals surface area contributed by atoms with E-state index in [0.717, 1.165) is 24.8 Å². The molecule has 0 spiro atoms. The Morgan fingerprint density at radius 3 is 2.67 bits per heavy atom. The predicted octanol–water partition coefficient (Wildman–Crippen LogP) is 3.42. The van der Waals surface area contributed by atoms with Gasteiger partial charge in [0, 0.05) is 6.04 Å². The van der Waals surface area contributed by atoms with Crippen molar-refractivity contribution in [2.24, 2.45) is 5.73 Å². The van der Waals surface area contributed by atoms with E-state index in [2.05, 4.69) is 6.92 Å². The van der Waals surface area contributed by atoms with Gasteiger partial charge in [-0.05, 0) is 37.5 Å². The Hall–Kier alpha value is -0.930. The van der Waals surface area contributed by atoms with Crippen molar-refractivity contribution in [2.75, 3.05) is 13.7 Å². The standard InChI is InChI=1S/C14H22ClNO2/c1-4-5-6-18-14-12(15)8-11(7-10(2)16)9-13(14)17-3/h8-10H,4-7,16H2,1-3H3. The number of hydrogen-bond donors (Lipinski definition) is 1. The van der Waals surface area contributed by atoms with Crippen molar-refractivity contribution in [2.45, 2.75) is 39.2 Å². The van der Waals surface area contributed by atoms with Gasteiger partial charge in [-0.1, -0.05) is 24.9 Å². The molecule has 1 aromatic carbocycles. The van der Waals surface area contributed by atoms with Crippen molar-refractivity contribution in [3.05, 3.63) is 22.7 Å². The van der Waals surface area contributed by atoms with Gasteiger partial charge in [-0.3, -0.25) is 0 Å². The van der Waals surface area contributed by atoms with E-state index in [1.165, 1.54) is 0 Å². The average Bonchev–Trinajstić information content (AvgIpc) is 2.30. The molecule has 3 nitrogen and oxygen atoms in total. The van der Waals surface area contributed by atoms with Crippen LogP contribution in [0.4, 0.5) is 0 Å². The lowest BCUT2D eigenvalue weighted by molar-refractivity contribution is 0.288. The lowest BCUT2D eigenvalue weighted by Crippen LogP contribution is -2.17. The second-order valence-electron chi connectivity index (χ2n) is 4.49. The van der Waals surface area contributed by atoms with E-state index in [-0.39, 0.29) is 6.04 Å². The lowest BCUT2D eigenvalue weighted by atomic mass is 10.1. The van der Waals surface area contributed by atoms with E-state index in [4.69, 9.17) is 26.8 Å². The molecule has 4 heteroatoms. The number of hydrogen-bond acceptors (Lipinski definition) is 3. The van der Waals surface area contributed by atoms with Crippen LogP contribution in [0.15, 0.2) is 12.1 Å². The number of halogens is 1. The molecular formula is C14H22ClNO2. The highest BCUT2D eigenvalue weighted by Gasteiger charge is 2.12. The predicted molar refractivity (Wildman–Crippen MR) is 75.8 cm³/mol. The number of nitrogens with two attached hydrogens (primary N) is 1. The number of benzene rings is 1. The van der Waals surface area contributed by atoms with Crippen molar-refractivity contribution in [1.82, 2.24) is 0 Å². The summed E-state index contributed by atoms with van der Waals surface area (Å²) >= 11 is 6.23. The van der Waals surface area contributed by atoms with Gasteiger partial charge in [0.2, 0.25) is 0 Å². The van der Waals surface area contributed by atoms with E-state index in [0.29, 0.717) is 23.1 Å². The topological polar surface area (TPSA) is 44.5 Å². The van der Waals surface area contributed by atoms with Gasteiger partial charge in [-0.2, -0.15) is 0 Å². The maximum absolute atomic E-state index is 6.23. The van der Waals surface area contributed by atoms with E-state index in [9.17, 15) is 0 Å². The third kappa shape index (κ3) is 4.39. The molecule has 0 radical (unpaired) electrons. The summed E-state index contributed by atoms with van der Waals surface area (Å²) in [7, 11) is 1.62. The molecule has 0 bridgehead atoms. The fraction of sp³-hybridized carbons (Fsp3) is 0.571. The molecule has 0 aromatic heterocycles. The van der Waals surface area contributed by atoms with E-state index in [1.54, 1.807) is 7.11 Å². The van der Waals surface area contributed by atoms with Crippen LogP contribution in [-0.4, -0.2) is 19.8 Å². The molecule has 0 saturated carbocycles. The number of unbranched alkanes of at least 4 members (excludes halogenated alkanes) is 1. The van der Waals surface area contributed by atoms with Gasteiger partial charge < -0.3 is 15.2 Å². The Kier molecular flexibility index (Phi) is 6.30. The van der Waals surface area contributed by atoms with Crippen molar-refractivity contribution in [1.29, 1.82) is 0 Å². The monoisotopic (exact) mass is 271 g/mol. The van der Waals surface area contributed by atoms with Gasteiger partial charge >= 0.3 is 0 Å². The molecule has 0 amide bonds.